The molecule has 286 valence electrons. The van der Waals surface area contributed by atoms with Gasteiger partial charge < -0.3 is 48.0 Å². The Morgan fingerprint density at radius 3 is 1.78 bits per heavy atom. The maximum Gasteiger partial charge on any atom is 0.396 e. The second kappa shape index (κ2) is 19.7. The van der Waals surface area contributed by atoms with E-state index in [1.54, 1.807) is 27.9 Å². The third-order valence-corrected chi connectivity index (χ3v) is 9.43. The molecule has 2 unspecified atom stereocenters. The third kappa shape index (κ3) is 11.1. The molecule has 3 rings (SSSR count). The maximum atomic E-state index is 14.6. The van der Waals surface area contributed by atoms with E-state index in [2.05, 4.69) is 4.74 Å². The van der Waals surface area contributed by atoms with E-state index >= 15 is 0 Å². The van der Waals surface area contributed by atoms with E-state index in [1.807, 2.05) is 24.3 Å². The average Bonchev–Trinajstić information content (AvgIpc) is 3.13. The Balaban J connectivity index is 1.94. The molecular formula is C36H56N4O11. The van der Waals surface area contributed by atoms with Crippen molar-refractivity contribution in [2.45, 2.75) is 102 Å². The zero-order chi connectivity index (χ0) is 37.8. The van der Waals surface area contributed by atoms with Crippen LogP contribution < -0.4 is 4.74 Å². The van der Waals surface area contributed by atoms with Gasteiger partial charge in [-0.1, -0.05) is 12.1 Å². The van der Waals surface area contributed by atoms with Gasteiger partial charge in [-0.25, -0.2) is 4.79 Å². The van der Waals surface area contributed by atoms with Gasteiger partial charge in [0.05, 0.1) is 25.9 Å². The lowest BCUT2D eigenvalue weighted by atomic mass is 10.0. The Morgan fingerprint density at radius 2 is 1.27 bits per heavy atom. The number of rotatable bonds is 15. The van der Waals surface area contributed by atoms with Crippen LogP contribution in [-0.2, 0) is 54.1 Å². The molecule has 15 heteroatoms. The zero-order valence-corrected chi connectivity index (χ0v) is 31.5. The summed E-state index contributed by atoms with van der Waals surface area (Å²) in [6.07, 6.45) is 2.67. The monoisotopic (exact) mass is 720 g/mol. The minimum Gasteiger partial charge on any atom is -0.465 e. The van der Waals surface area contributed by atoms with Gasteiger partial charge in [-0.2, -0.15) is 0 Å². The van der Waals surface area contributed by atoms with Crippen molar-refractivity contribution in [2.24, 2.45) is 0 Å². The minimum atomic E-state index is -1.32. The van der Waals surface area contributed by atoms with Crippen LogP contribution in [-0.4, -0.2) is 155 Å². The molecule has 0 bridgehead atoms. The van der Waals surface area contributed by atoms with Crippen LogP contribution >= 0.6 is 0 Å². The molecule has 15 nitrogen and oxygen atoms in total. The molecule has 1 aromatic rings. The van der Waals surface area contributed by atoms with Crippen molar-refractivity contribution >= 4 is 29.6 Å². The van der Waals surface area contributed by atoms with Crippen LogP contribution in [0.1, 0.15) is 57.9 Å². The lowest BCUT2D eigenvalue weighted by molar-refractivity contribution is -0.200. The highest BCUT2D eigenvalue weighted by molar-refractivity contribution is 6.32. The summed E-state index contributed by atoms with van der Waals surface area (Å²) in [6, 6.07) is 3.76. The fourth-order valence-electron chi connectivity index (χ4n) is 6.26. The fourth-order valence-corrected chi connectivity index (χ4v) is 6.26. The first-order chi connectivity index (χ1) is 24.2. The Kier molecular flexibility index (Phi) is 16.1. The molecule has 7 atom stereocenters. The number of carbonyl (C=O) groups excluding carboxylic acids is 5. The second-order valence-corrected chi connectivity index (χ2v) is 13.3. The summed E-state index contributed by atoms with van der Waals surface area (Å²) in [6.45, 7) is 4.38. The molecule has 4 amide bonds. The molecule has 0 saturated carbocycles. The number of benzene rings is 1. The average molecular weight is 721 g/mol. The Hall–Kier alpha value is -3.79. The lowest BCUT2D eigenvalue weighted by Crippen LogP contribution is -2.63. The number of hydrogen-bond acceptors (Lipinski definition) is 11. The summed E-state index contributed by atoms with van der Waals surface area (Å²) in [4.78, 5) is 72.5. The normalized spacial score (nSPS) is 20.5. The molecular weight excluding hydrogens is 664 g/mol. The van der Waals surface area contributed by atoms with E-state index in [1.165, 1.54) is 43.0 Å². The third-order valence-electron chi connectivity index (χ3n) is 9.43. The van der Waals surface area contributed by atoms with Crippen molar-refractivity contribution in [3.05, 3.63) is 29.8 Å². The molecule has 0 radical (unpaired) electrons. The number of likely N-dealkylation sites (N-methyl/N-ethyl adjacent to an activating group) is 4. The van der Waals surface area contributed by atoms with Crippen LogP contribution in [0.4, 0.5) is 0 Å². The molecule has 2 fully saturated rings. The summed E-state index contributed by atoms with van der Waals surface area (Å²) in [5.41, 5.74) is 0.782. The van der Waals surface area contributed by atoms with Crippen LogP contribution in [0.3, 0.4) is 0 Å². The first-order valence-electron chi connectivity index (χ1n) is 17.5. The number of ether oxygens (including phenoxy) is 6. The highest BCUT2D eigenvalue weighted by atomic mass is 16.7. The van der Waals surface area contributed by atoms with Gasteiger partial charge in [-0.3, -0.25) is 19.2 Å². The van der Waals surface area contributed by atoms with E-state index in [0.29, 0.717) is 25.4 Å². The van der Waals surface area contributed by atoms with Gasteiger partial charge in [-0.05, 0) is 63.6 Å². The van der Waals surface area contributed by atoms with Crippen LogP contribution in [0, 0.1) is 0 Å². The minimum absolute atomic E-state index is 0.171. The van der Waals surface area contributed by atoms with Crippen LogP contribution in [0.15, 0.2) is 24.3 Å². The van der Waals surface area contributed by atoms with Gasteiger partial charge >= 0.3 is 11.9 Å². The standard InChI is InChI=1S/C36H56N4O11/c1-23(46-8)30(40(7)35(44)36(45)47-9)34(43)39(6)31(24(2)50-28-14-10-12-20-48-28)33(42)38(5)27(32(41)37(3)4)22-25-16-18-26(19-17-25)51-29-15-11-13-21-49-29/h16-19,23-24,27-31H,10-15,20-22H2,1-9H3/t23-,24-,27-,28?,29?,30+,31-/m1/s1. The topological polar surface area (TPSA) is 154 Å². The van der Waals surface area contributed by atoms with E-state index in [4.69, 9.17) is 23.7 Å². The molecule has 0 aromatic heterocycles. The van der Waals surface area contributed by atoms with Gasteiger partial charge in [-0.15, -0.1) is 0 Å². The fraction of sp³-hybridized carbons (Fsp3) is 0.694. The molecule has 2 aliphatic rings. The maximum absolute atomic E-state index is 14.6. The number of methoxy groups -OCH3 is 2. The summed E-state index contributed by atoms with van der Waals surface area (Å²) in [5, 5.41) is 0. The van der Waals surface area contributed by atoms with E-state index < -0.39 is 60.3 Å². The molecule has 2 saturated heterocycles. The van der Waals surface area contributed by atoms with Gasteiger partial charge in [0.15, 0.2) is 12.6 Å². The van der Waals surface area contributed by atoms with E-state index in [-0.39, 0.29) is 18.6 Å². The number of hydrogen-bond donors (Lipinski definition) is 0. The SMILES string of the molecule is COC(=O)C(=O)N(C)[C@H](C(=O)N(C)[C@@H](C(=O)N(C)[C@H](Cc1ccc(OC2CCCCO2)cc1)C(=O)N(C)C)[C@@H](C)OC1CCCCO1)[C@@H](C)OC. The van der Waals surface area contributed by atoms with Crippen molar-refractivity contribution < 1.29 is 52.4 Å². The van der Waals surface area contributed by atoms with E-state index in [9.17, 15) is 24.0 Å². The van der Waals surface area contributed by atoms with Crippen molar-refractivity contribution in [3.8, 4) is 5.75 Å². The summed E-state index contributed by atoms with van der Waals surface area (Å²) >= 11 is 0. The molecule has 51 heavy (non-hydrogen) atoms. The number of nitrogens with zero attached hydrogens (tertiary/aromatic N) is 4. The first-order valence-corrected chi connectivity index (χ1v) is 17.5. The molecule has 1 aromatic carbocycles. The number of esters is 1. The first kappa shape index (κ1) is 41.6. The van der Waals surface area contributed by atoms with Crippen molar-refractivity contribution in [1.29, 1.82) is 0 Å². The zero-order valence-electron chi connectivity index (χ0n) is 31.5. The largest absolute Gasteiger partial charge is 0.465 e. The lowest BCUT2D eigenvalue weighted by Gasteiger charge is -2.41. The number of amides is 4. The van der Waals surface area contributed by atoms with Crippen molar-refractivity contribution in [3.63, 3.8) is 0 Å². The Labute approximate surface area is 301 Å². The Morgan fingerprint density at radius 1 is 0.725 bits per heavy atom. The van der Waals surface area contributed by atoms with Crippen molar-refractivity contribution in [1.82, 2.24) is 19.6 Å². The van der Waals surface area contributed by atoms with Gasteiger partial charge in [0, 0.05) is 61.8 Å². The van der Waals surface area contributed by atoms with Gasteiger partial charge in [0.2, 0.25) is 17.7 Å². The highest BCUT2D eigenvalue weighted by Gasteiger charge is 2.44. The van der Waals surface area contributed by atoms with Crippen LogP contribution in [0.25, 0.3) is 0 Å². The Bertz CT molecular complexity index is 1310. The molecule has 2 heterocycles. The molecule has 2 aliphatic heterocycles. The van der Waals surface area contributed by atoms with Gasteiger partial charge in [0.1, 0.15) is 23.9 Å². The van der Waals surface area contributed by atoms with E-state index in [0.717, 1.165) is 49.7 Å². The smallest absolute Gasteiger partial charge is 0.396 e. The molecule has 0 N–H and O–H groups in total. The molecule has 0 spiro atoms. The van der Waals surface area contributed by atoms with Crippen LogP contribution in [0.2, 0.25) is 0 Å². The predicted octanol–water partition coefficient (Wildman–Crippen LogP) is 1.84. The van der Waals surface area contributed by atoms with Crippen molar-refractivity contribution in [2.75, 3.05) is 62.7 Å². The summed E-state index contributed by atoms with van der Waals surface area (Å²) < 4.78 is 33.7. The summed E-state index contributed by atoms with van der Waals surface area (Å²) in [5.74, 6) is -3.18. The second-order valence-electron chi connectivity index (χ2n) is 13.3. The van der Waals surface area contributed by atoms with Gasteiger partial charge in [0.25, 0.3) is 0 Å². The summed E-state index contributed by atoms with van der Waals surface area (Å²) in [7, 11) is 9.87. The van der Waals surface area contributed by atoms with Crippen LogP contribution in [0.5, 0.6) is 5.75 Å². The highest BCUT2D eigenvalue weighted by Crippen LogP contribution is 2.24. The quantitative estimate of drug-likeness (QED) is 0.193. The number of carbonyl (C=O) groups is 5. The predicted molar refractivity (Wildman–Crippen MR) is 185 cm³/mol. The molecule has 0 aliphatic carbocycles.